The Morgan fingerprint density at radius 1 is 1.24 bits per heavy atom. The van der Waals surface area contributed by atoms with Crippen molar-refractivity contribution in [2.24, 2.45) is 10.8 Å². The molecule has 6 heteroatoms. The van der Waals surface area contributed by atoms with Crippen LogP contribution in [0.2, 0.25) is 0 Å². The molecule has 1 heterocycles. The van der Waals surface area contributed by atoms with Gasteiger partial charge in [-0.1, -0.05) is 13.8 Å². The van der Waals surface area contributed by atoms with Gasteiger partial charge in [0.25, 0.3) is 5.91 Å². The molecule has 2 atom stereocenters. The van der Waals surface area contributed by atoms with E-state index < -0.39 is 34.3 Å². The Morgan fingerprint density at radius 3 is 2.18 bits per heavy atom. The van der Waals surface area contributed by atoms with E-state index in [1.54, 1.807) is 20.8 Å². The van der Waals surface area contributed by atoms with Gasteiger partial charge in [0, 0.05) is 5.41 Å². The fourth-order valence-corrected chi connectivity index (χ4v) is 3.02. The summed E-state index contributed by atoms with van der Waals surface area (Å²) in [6.45, 7) is 5.07. The number of hydrogen-bond acceptors (Lipinski definition) is 3. The first-order valence-corrected chi connectivity index (χ1v) is 5.54. The third-order valence-electron chi connectivity index (χ3n) is 4.86. The maximum atomic E-state index is 11.9. The smallest absolute Gasteiger partial charge is 0.322 e. The molecule has 3 N–H and O–H groups in total. The lowest BCUT2D eigenvalue weighted by Gasteiger charge is -2.42. The van der Waals surface area contributed by atoms with Crippen LogP contribution < -0.4 is 10.6 Å². The number of carboxylic acids is 1. The number of hydrogen-bond donors (Lipinski definition) is 3. The SMILES string of the molecule is CC1(C)[C@@](C)(C(=O)O)CC[C@]12NC(=O)NC2=O. The van der Waals surface area contributed by atoms with E-state index >= 15 is 0 Å². The molecule has 1 aliphatic carbocycles. The molecular weight excluding hydrogens is 224 g/mol. The number of nitrogens with one attached hydrogen (secondary N) is 2. The van der Waals surface area contributed by atoms with Gasteiger partial charge in [-0.15, -0.1) is 0 Å². The average Bonchev–Trinajstić information content (AvgIpc) is 2.59. The fraction of sp³-hybridized carbons (Fsp3) is 0.727. The largest absolute Gasteiger partial charge is 0.481 e. The zero-order chi connectivity index (χ0) is 13.1. The summed E-state index contributed by atoms with van der Waals surface area (Å²) < 4.78 is 0. The predicted octanol–water partition coefficient (Wildman–Crippen LogP) is 0.476. The maximum Gasteiger partial charge on any atom is 0.322 e. The minimum Gasteiger partial charge on any atom is -0.481 e. The van der Waals surface area contributed by atoms with Crippen LogP contribution in [0.25, 0.3) is 0 Å². The number of imide groups is 1. The van der Waals surface area contributed by atoms with Gasteiger partial charge in [-0.2, -0.15) is 0 Å². The summed E-state index contributed by atoms with van der Waals surface area (Å²) in [5.74, 6) is -1.36. The van der Waals surface area contributed by atoms with Crippen molar-refractivity contribution in [2.75, 3.05) is 0 Å². The predicted molar refractivity (Wildman–Crippen MR) is 58.2 cm³/mol. The van der Waals surface area contributed by atoms with Gasteiger partial charge in [0.15, 0.2) is 0 Å². The molecule has 0 aromatic heterocycles. The molecule has 1 saturated heterocycles. The van der Waals surface area contributed by atoms with Gasteiger partial charge in [-0.25, -0.2) is 4.79 Å². The number of urea groups is 1. The van der Waals surface area contributed by atoms with Gasteiger partial charge in [-0.05, 0) is 19.8 Å². The number of aliphatic carboxylic acids is 1. The minimum absolute atomic E-state index is 0.348. The second-order valence-electron chi connectivity index (χ2n) is 5.58. The maximum absolute atomic E-state index is 11.9. The first kappa shape index (κ1) is 11.9. The van der Waals surface area contributed by atoms with Gasteiger partial charge in [-0.3, -0.25) is 14.9 Å². The van der Waals surface area contributed by atoms with Crippen LogP contribution in [-0.4, -0.2) is 28.6 Å². The number of carboxylic acid groups (broad SMARTS) is 1. The molecule has 2 rings (SSSR count). The molecule has 3 amide bonds. The number of carbonyl (C=O) groups is 3. The highest BCUT2D eigenvalue weighted by atomic mass is 16.4. The minimum atomic E-state index is -1.10. The van der Waals surface area contributed by atoms with E-state index in [4.69, 9.17) is 0 Å². The number of carbonyl (C=O) groups excluding carboxylic acids is 2. The summed E-state index contributed by atoms with van der Waals surface area (Å²) in [7, 11) is 0. The Kier molecular flexibility index (Phi) is 2.09. The third-order valence-corrected chi connectivity index (χ3v) is 4.86. The van der Waals surface area contributed by atoms with Crippen molar-refractivity contribution >= 4 is 17.9 Å². The summed E-state index contributed by atoms with van der Waals surface area (Å²) in [5.41, 5.74) is -2.97. The van der Waals surface area contributed by atoms with Gasteiger partial charge in [0.1, 0.15) is 5.54 Å². The normalized spacial score (nSPS) is 39.2. The Balaban J connectivity index is 2.52. The second-order valence-corrected chi connectivity index (χ2v) is 5.58. The van der Waals surface area contributed by atoms with Crippen LogP contribution in [0.1, 0.15) is 33.6 Å². The molecule has 0 bridgehead atoms. The molecule has 0 radical (unpaired) electrons. The monoisotopic (exact) mass is 240 g/mol. The van der Waals surface area contributed by atoms with Gasteiger partial charge in [0.05, 0.1) is 5.41 Å². The summed E-state index contributed by atoms with van der Waals surface area (Å²) in [6.07, 6.45) is 0.712. The molecule has 17 heavy (non-hydrogen) atoms. The van der Waals surface area contributed by atoms with Gasteiger partial charge < -0.3 is 10.4 Å². The molecule has 2 aliphatic rings. The quantitative estimate of drug-likeness (QED) is 0.581. The van der Waals surface area contributed by atoms with Crippen molar-refractivity contribution in [1.82, 2.24) is 10.6 Å². The molecule has 1 aliphatic heterocycles. The summed E-state index contributed by atoms with van der Waals surface area (Å²) in [6, 6.07) is -0.544. The zero-order valence-electron chi connectivity index (χ0n) is 10.1. The highest BCUT2D eigenvalue weighted by molar-refractivity contribution is 6.08. The topological polar surface area (TPSA) is 95.5 Å². The molecule has 1 spiro atoms. The lowest BCUT2D eigenvalue weighted by molar-refractivity contribution is -0.155. The van der Waals surface area contributed by atoms with Gasteiger partial charge in [0.2, 0.25) is 0 Å². The van der Waals surface area contributed by atoms with E-state index in [9.17, 15) is 19.5 Å². The second kappa shape index (κ2) is 3.00. The molecule has 6 nitrogen and oxygen atoms in total. The van der Waals surface area contributed by atoms with Crippen molar-refractivity contribution < 1.29 is 19.5 Å². The van der Waals surface area contributed by atoms with Crippen molar-refractivity contribution in [3.05, 3.63) is 0 Å². The summed E-state index contributed by atoms with van der Waals surface area (Å²) in [5, 5.41) is 14.2. The van der Waals surface area contributed by atoms with Crippen LogP contribution in [0.15, 0.2) is 0 Å². The highest BCUT2D eigenvalue weighted by Gasteiger charge is 2.69. The molecule has 0 unspecified atom stereocenters. The molecular formula is C11H16N2O4. The van der Waals surface area contributed by atoms with Crippen molar-refractivity contribution in [3.8, 4) is 0 Å². The van der Waals surface area contributed by atoms with Crippen molar-refractivity contribution in [3.63, 3.8) is 0 Å². The van der Waals surface area contributed by atoms with E-state index in [0.717, 1.165) is 0 Å². The van der Waals surface area contributed by atoms with Crippen LogP contribution >= 0.6 is 0 Å². The van der Waals surface area contributed by atoms with Crippen LogP contribution in [0, 0.1) is 10.8 Å². The molecule has 0 aromatic carbocycles. The number of rotatable bonds is 1. The fourth-order valence-electron chi connectivity index (χ4n) is 3.02. The van der Waals surface area contributed by atoms with Crippen LogP contribution in [0.4, 0.5) is 4.79 Å². The Hall–Kier alpha value is -1.59. The van der Waals surface area contributed by atoms with Crippen LogP contribution in [-0.2, 0) is 9.59 Å². The summed E-state index contributed by atoms with van der Waals surface area (Å²) in [4.78, 5) is 34.7. The Bertz CT molecular complexity index is 431. The van der Waals surface area contributed by atoms with Crippen molar-refractivity contribution in [1.29, 1.82) is 0 Å². The van der Waals surface area contributed by atoms with E-state index in [-0.39, 0.29) is 0 Å². The molecule has 1 saturated carbocycles. The van der Waals surface area contributed by atoms with E-state index in [1.807, 2.05) is 0 Å². The standard InChI is InChI=1S/C11H16N2O4/c1-9(2)10(3,7(15)16)4-5-11(9)6(14)12-8(17)13-11/h4-5H2,1-3H3,(H,15,16)(H2,12,13,14,17)/t10-,11-/m1/s1. The average molecular weight is 240 g/mol. The summed E-state index contributed by atoms with van der Waals surface area (Å²) >= 11 is 0. The van der Waals surface area contributed by atoms with Crippen LogP contribution in [0.5, 0.6) is 0 Å². The Labute approximate surface area is 98.8 Å². The van der Waals surface area contributed by atoms with E-state index in [1.165, 1.54) is 0 Å². The lowest BCUT2D eigenvalue weighted by Crippen LogP contribution is -2.59. The van der Waals surface area contributed by atoms with Crippen LogP contribution in [0.3, 0.4) is 0 Å². The molecule has 94 valence electrons. The Morgan fingerprint density at radius 2 is 1.82 bits per heavy atom. The zero-order valence-corrected chi connectivity index (χ0v) is 10.1. The van der Waals surface area contributed by atoms with E-state index in [0.29, 0.717) is 12.8 Å². The van der Waals surface area contributed by atoms with Gasteiger partial charge >= 0.3 is 12.0 Å². The third kappa shape index (κ3) is 1.13. The first-order valence-electron chi connectivity index (χ1n) is 5.54. The molecule has 0 aromatic rings. The first-order chi connectivity index (χ1) is 7.67. The number of amides is 3. The van der Waals surface area contributed by atoms with E-state index in [2.05, 4.69) is 10.6 Å². The lowest BCUT2D eigenvalue weighted by atomic mass is 9.62. The molecule has 2 fully saturated rings. The van der Waals surface area contributed by atoms with Crippen molar-refractivity contribution in [2.45, 2.75) is 39.2 Å². The highest BCUT2D eigenvalue weighted by Crippen LogP contribution is 2.58.